The fourth-order valence-corrected chi connectivity index (χ4v) is 4.42. The number of nitrogens with one attached hydrogen (secondary N) is 1. The van der Waals surface area contributed by atoms with Gasteiger partial charge in [0.25, 0.3) is 10.0 Å². The molecule has 0 heterocycles. The lowest BCUT2D eigenvalue weighted by Crippen LogP contribution is -2.18. The van der Waals surface area contributed by atoms with Crippen LogP contribution in [-0.2, 0) is 16.6 Å². The molecule has 0 saturated carbocycles. The summed E-state index contributed by atoms with van der Waals surface area (Å²) < 4.78 is 36.9. The highest BCUT2D eigenvalue weighted by molar-refractivity contribution is 14.1. The number of halogens is 2. The van der Waals surface area contributed by atoms with E-state index in [2.05, 4.69) is 32.5 Å². The van der Waals surface area contributed by atoms with Crippen molar-refractivity contribution in [3.63, 3.8) is 0 Å². The molecule has 0 saturated heterocycles. The molecule has 0 unspecified atom stereocenters. The van der Waals surface area contributed by atoms with Gasteiger partial charge in [-0.15, -0.1) is 0 Å². The maximum absolute atomic E-state index is 12.3. The fraction of sp³-hybridized carbons (Fsp3) is 0.136. The number of ether oxygens (including phenoxy) is 2. The molecule has 0 spiro atoms. The van der Waals surface area contributed by atoms with Crippen LogP contribution in [0.5, 0.6) is 11.5 Å². The Hall–Kier alpha value is -2.30. The molecular formula is C22H20ClIN2O4S. The third-order valence-corrected chi connectivity index (χ3v) is 6.71. The van der Waals surface area contributed by atoms with E-state index in [4.69, 9.17) is 21.1 Å². The van der Waals surface area contributed by atoms with Gasteiger partial charge in [-0.3, -0.25) is 0 Å². The Morgan fingerprint density at radius 2 is 1.84 bits per heavy atom. The smallest absolute Gasteiger partial charge is 0.276 e. The van der Waals surface area contributed by atoms with Crippen LogP contribution in [0.2, 0.25) is 5.02 Å². The van der Waals surface area contributed by atoms with Gasteiger partial charge in [-0.05, 0) is 65.4 Å². The Balaban J connectivity index is 1.74. The molecule has 0 atom stereocenters. The van der Waals surface area contributed by atoms with Crippen LogP contribution < -0.4 is 14.3 Å². The minimum absolute atomic E-state index is 0.144. The van der Waals surface area contributed by atoms with Gasteiger partial charge < -0.3 is 9.47 Å². The Morgan fingerprint density at radius 3 is 2.52 bits per heavy atom. The SMILES string of the molecule is COc1cc(/C=N\NS(=O)(=O)c2ccc(C)cc2)cc(I)c1OCc1ccccc1Cl. The van der Waals surface area contributed by atoms with E-state index in [9.17, 15) is 8.42 Å². The summed E-state index contributed by atoms with van der Waals surface area (Å²) in [5.74, 6) is 1.07. The van der Waals surface area contributed by atoms with E-state index in [0.717, 1.165) is 14.7 Å². The van der Waals surface area contributed by atoms with Crippen molar-refractivity contribution in [3.8, 4) is 11.5 Å². The van der Waals surface area contributed by atoms with Crippen molar-refractivity contribution in [2.75, 3.05) is 7.11 Å². The van der Waals surface area contributed by atoms with E-state index in [-0.39, 0.29) is 11.5 Å². The minimum Gasteiger partial charge on any atom is -0.493 e. The summed E-state index contributed by atoms with van der Waals surface area (Å²) in [6, 6.07) is 17.5. The van der Waals surface area contributed by atoms with Crippen LogP contribution in [0.4, 0.5) is 0 Å². The maximum Gasteiger partial charge on any atom is 0.276 e. The summed E-state index contributed by atoms with van der Waals surface area (Å²) in [5, 5.41) is 4.51. The van der Waals surface area contributed by atoms with E-state index >= 15 is 0 Å². The van der Waals surface area contributed by atoms with Gasteiger partial charge >= 0.3 is 0 Å². The van der Waals surface area contributed by atoms with Crippen LogP contribution in [0, 0.1) is 10.5 Å². The molecule has 3 aromatic carbocycles. The van der Waals surface area contributed by atoms with Gasteiger partial charge in [0.1, 0.15) is 6.61 Å². The molecule has 0 aliphatic carbocycles. The van der Waals surface area contributed by atoms with Crippen molar-refractivity contribution < 1.29 is 17.9 Å². The van der Waals surface area contributed by atoms with Gasteiger partial charge in [0.15, 0.2) is 11.5 Å². The average molecular weight is 571 g/mol. The number of benzene rings is 3. The highest BCUT2D eigenvalue weighted by atomic mass is 127. The average Bonchev–Trinajstić information content (AvgIpc) is 2.74. The van der Waals surface area contributed by atoms with Crippen LogP contribution in [0.3, 0.4) is 0 Å². The Bertz CT molecular complexity index is 1200. The van der Waals surface area contributed by atoms with Gasteiger partial charge in [0, 0.05) is 10.6 Å². The molecule has 1 N–H and O–H groups in total. The molecule has 3 aromatic rings. The number of nitrogens with zero attached hydrogens (tertiary/aromatic N) is 1. The van der Waals surface area contributed by atoms with E-state index in [1.807, 2.05) is 31.2 Å². The first-order valence-electron chi connectivity index (χ1n) is 9.15. The van der Waals surface area contributed by atoms with Gasteiger partial charge in [0.05, 0.1) is 21.8 Å². The van der Waals surface area contributed by atoms with Crippen LogP contribution in [0.25, 0.3) is 0 Å². The van der Waals surface area contributed by atoms with Crippen LogP contribution in [0.15, 0.2) is 70.7 Å². The van der Waals surface area contributed by atoms with E-state index in [0.29, 0.717) is 22.1 Å². The Labute approximate surface area is 200 Å². The first-order chi connectivity index (χ1) is 14.8. The molecule has 162 valence electrons. The second-order valence-electron chi connectivity index (χ2n) is 6.58. The predicted molar refractivity (Wildman–Crippen MR) is 131 cm³/mol. The highest BCUT2D eigenvalue weighted by Crippen LogP contribution is 2.34. The fourth-order valence-electron chi connectivity index (χ4n) is 2.66. The molecular weight excluding hydrogens is 551 g/mol. The zero-order valence-corrected chi connectivity index (χ0v) is 20.5. The molecule has 0 radical (unpaired) electrons. The van der Waals surface area contributed by atoms with E-state index in [1.165, 1.54) is 25.5 Å². The van der Waals surface area contributed by atoms with Crippen molar-refractivity contribution in [2.45, 2.75) is 18.4 Å². The number of sulfonamides is 1. The van der Waals surface area contributed by atoms with Crippen LogP contribution in [0.1, 0.15) is 16.7 Å². The summed E-state index contributed by atoms with van der Waals surface area (Å²) in [5.41, 5.74) is 2.48. The zero-order chi connectivity index (χ0) is 22.4. The first kappa shape index (κ1) is 23.4. The second kappa shape index (κ2) is 10.3. The van der Waals surface area contributed by atoms with E-state index in [1.54, 1.807) is 24.3 Å². The number of rotatable bonds is 8. The standard InChI is InChI=1S/C22H20ClIN2O4S/c1-15-7-9-18(10-8-15)31(27,28)26-25-13-16-11-20(24)22(21(12-16)29-2)30-14-17-5-3-4-6-19(17)23/h3-13,26H,14H2,1-2H3/b25-13-. The summed E-state index contributed by atoms with van der Waals surface area (Å²) in [6.45, 7) is 2.18. The molecule has 6 nitrogen and oxygen atoms in total. The summed E-state index contributed by atoms with van der Waals surface area (Å²) in [6.07, 6.45) is 1.41. The molecule has 0 aliphatic heterocycles. The number of methoxy groups -OCH3 is 1. The first-order valence-corrected chi connectivity index (χ1v) is 12.1. The minimum atomic E-state index is -3.74. The highest BCUT2D eigenvalue weighted by Gasteiger charge is 2.14. The molecule has 0 aliphatic rings. The molecule has 0 fully saturated rings. The lowest BCUT2D eigenvalue weighted by atomic mass is 10.2. The van der Waals surface area contributed by atoms with Gasteiger partial charge in [-0.2, -0.15) is 13.5 Å². The quantitative estimate of drug-likeness (QED) is 0.231. The summed E-state index contributed by atoms with van der Waals surface area (Å²) in [4.78, 5) is 2.36. The normalized spacial score (nSPS) is 11.5. The molecule has 31 heavy (non-hydrogen) atoms. The number of hydrazone groups is 1. The third kappa shape index (κ3) is 6.11. The van der Waals surface area contributed by atoms with Crippen molar-refractivity contribution >= 4 is 50.4 Å². The van der Waals surface area contributed by atoms with Gasteiger partial charge in [0.2, 0.25) is 0 Å². The Kier molecular flexibility index (Phi) is 7.79. The number of aryl methyl sites for hydroxylation is 1. The predicted octanol–water partition coefficient (Wildman–Crippen LogP) is 5.15. The van der Waals surface area contributed by atoms with Crippen molar-refractivity contribution in [1.29, 1.82) is 0 Å². The van der Waals surface area contributed by atoms with Gasteiger partial charge in [-0.1, -0.05) is 47.5 Å². The second-order valence-corrected chi connectivity index (χ2v) is 9.81. The molecule has 9 heteroatoms. The van der Waals surface area contributed by atoms with Gasteiger partial charge in [-0.25, -0.2) is 4.83 Å². The monoisotopic (exact) mass is 570 g/mol. The molecule has 0 bridgehead atoms. The molecule has 0 amide bonds. The lowest BCUT2D eigenvalue weighted by molar-refractivity contribution is 0.282. The zero-order valence-electron chi connectivity index (χ0n) is 16.8. The molecule has 3 rings (SSSR count). The summed E-state index contributed by atoms with van der Waals surface area (Å²) >= 11 is 8.32. The topological polar surface area (TPSA) is 77.0 Å². The van der Waals surface area contributed by atoms with Crippen LogP contribution in [-0.4, -0.2) is 21.7 Å². The van der Waals surface area contributed by atoms with Crippen molar-refractivity contribution in [2.24, 2.45) is 5.10 Å². The summed E-state index contributed by atoms with van der Waals surface area (Å²) in [7, 11) is -2.21. The van der Waals surface area contributed by atoms with Crippen molar-refractivity contribution in [3.05, 3.63) is 85.9 Å². The number of hydrogen-bond acceptors (Lipinski definition) is 5. The third-order valence-electron chi connectivity index (χ3n) is 4.30. The van der Waals surface area contributed by atoms with E-state index < -0.39 is 10.0 Å². The molecule has 0 aromatic heterocycles. The number of hydrogen-bond donors (Lipinski definition) is 1. The van der Waals surface area contributed by atoms with Crippen molar-refractivity contribution in [1.82, 2.24) is 4.83 Å². The van der Waals surface area contributed by atoms with Crippen LogP contribution >= 0.6 is 34.2 Å². The largest absolute Gasteiger partial charge is 0.493 e. The maximum atomic E-state index is 12.3. The Morgan fingerprint density at radius 1 is 1.13 bits per heavy atom. The lowest BCUT2D eigenvalue weighted by Gasteiger charge is -2.14.